The van der Waals surface area contributed by atoms with Crippen molar-refractivity contribution in [1.29, 1.82) is 0 Å². The second-order valence-corrected chi connectivity index (χ2v) is 12.4. The Morgan fingerprint density at radius 2 is 1.29 bits per heavy atom. The van der Waals surface area contributed by atoms with Gasteiger partial charge in [0.05, 0.1) is 7.85 Å². The van der Waals surface area contributed by atoms with Gasteiger partial charge in [-0.15, -0.1) is 0 Å². The highest BCUT2D eigenvalue weighted by molar-refractivity contribution is 9.09. The third-order valence-corrected chi connectivity index (χ3v) is 9.96. The highest BCUT2D eigenvalue weighted by atomic mass is 79.9. The number of hydrogen-bond acceptors (Lipinski definition) is 0. The monoisotopic (exact) mass is 480 g/mol. The van der Waals surface area contributed by atoms with Crippen LogP contribution >= 0.6 is 15.9 Å². The molecule has 0 aromatic heterocycles. The van der Waals surface area contributed by atoms with Crippen LogP contribution in [0.1, 0.15) is 84.9 Å². The normalized spacial score (nSPS) is 15.5. The fourth-order valence-electron chi connectivity index (χ4n) is 4.80. The van der Waals surface area contributed by atoms with Crippen LogP contribution in [0.25, 0.3) is 0 Å². The van der Waals surface area contributed by atoms with Gasteiger partial charge >= 0.3 is 0 Å². The van der Waals surface area contributed by atoms with E-state index in [-0.39, 0.29) is 33.4 Å². The third kappa shape index (κ3) is 5.32. The maximum atomic E-state index is 6.65. The summed E-state index contributed by atoms with van der Waals surface area (Å²) in [6.07, 6.45) is 1.04. The van der Waals surface area contributed by atoms with Gasteiger partial charge in [0.1, 0.15) is 0 Å². The van der Waals surface area contributed by atoms with Crippen LogP contribution in [0.15, 0.2) is 54.6 Å². The molecule has 2 rings (SSSR count). The Bertz CT molecular complexity index is 829. The molecular weight excluding hydrogens is 439 g/mol. The molecule has 0 aliphatic heterocycles. The Hall–Kier alpha value is -1.02. The van der Waals surface area contributed by atoms with Gasteiger partial charge in [0.2, 0.25) is 0 Å². The average molecular weight is 481 g/mol. The molecule has 31 heavy (non-hydrogen) atoms. The van der Waals surface area contributed by atoms with Crippen molar-refractivity contribution in [2.24, 2.45) is 16.2 Å². The summed E-state index contributed by atoms with van der Waals surface area (Å²) in [4.78, 5) is 0. The van der Waals surface area contributed by atoms with Crippen LogP contribution in [0.4, 0.5) is 0 Å². The van der Waals surface area contributed by atoms with Gasteiger partial charge in [0.15, 0.2) is 0 Å². The topological polar surface area (TPSA) is 0 Å². The average Bonchev–Trinajstić information content (AvgIpc) is 2.68. The predicted molar refractivity (Wildman–Crippen MR) is 143 cm³/mol. The lowest BCUT2D eigenvalue weighted by Crippen LogP contribution is -2.41. The molecule has 2 heteroatoms. The van der Waals surface area contributed by atoms with Crippen molar-refractivity contribution in [2.75, 3.05) is 5.33 Å². The Morgan fingerprint density at radius 1 is 0.774 bits per heavy atom. The summed E-state index contributed by atoms with van der Waals surface area (Å²) in [6.45, 7) is 21.1. The van der Waals surface area contributed by atoms with E-state index in [1.165, 1.54) is 16.7 Å². The van der Waals surface area contributed by atoms with Gasteiger partial charge in [-0.1, -0.05) is 139 Å². The number of halogens is 1. The molecule has 0 N–H and O–H groups in total. The second-order valence-electron chi connectivity index (χ2n) is 11.9. The lowest BCUT2D eigenvalue weighted by molar-refractivity contribution is 0.0733. The number of hydrogen-bond donors (Lipinski definition) is 0. The van der Waals surface area contributed by atoms with Crippen molar-refractivity contribution < 1.29 is 0 Å². The van der Waals surface area contributed by atoms with Gasteiger partial charge in [-0.2, -0.15) is 0 Å². The first kappa shape index (κ1) is 26.2. The molecule has 0 bridgehead atoms. The lowest BCUT2D eigenvalue weighted by Gasteiger charge is -2.50. The van der Waals surface area contributed by atoms with Gasteiger partial charge < -0.3 is 0 Å². The van der Waals surface area contributed by atoms with E-state index in [9.17, 15) is 0 Å². The van der Waals surface area contributed by atoms with E-state index in [1.807, 2.05) is 0 Å². The number of alkyl halides is 1. The quantitative estimate of drug-likeness (QED) is 0.248. The molecule has 2 radical (unpaired) electrons. The third-order valence-electron chi connectivity index (χ3n) is 8.55. The molecule has 0 spiro atoms. The maximum Gasteiger partial charge on any atom is 0.0704 e. The summed E-state index contributed by atoms with van der Waals surface area (Å²) < 4.78 is 0. The van der Waals surface area contributed by atoms with E-state index in [0.29, 0.717) is 0 Å². The molecule has 0 saturated carbocycles. The molecule has 168 valence electrons. The summed E-state index contributed by atoms with van der Waals surface area (Å²) in [5.41, 5.74) is 4.44. The minimum Gasteiger partial charge on any atom is -0.0922 e. The minimum absolute atomic E-state index is 0.0170. The van der Waals surface area contributed by atoms with E-state index in [1.54, 1.807) is 0 Å². The van der Waals surface area contributed by atoms with Crippen molar-refractivity contribution in [1.82, 2.24) is 0 Å². The van der Waals surface area contributed by atoms with Crippen molar-refractivity contribution in [3.8, 4) is 0 Å². The zero-order chi connectivity index (χ0) is 23.7. The molecule has 2 aromatic rings. The Labute approximate surface area is 202 Å². The lowest BCUT2D eigenvalue weighted by atomic mass is 9.52. The molecule has 0 nitrogen and oxygen atoms in total. The van der Waals surface area contributed by atoms with Crippen LogP contribution < -0.4 is 0 Å². The summed E-state index contributed by atoms with van der Waals surface area (Å²) in [7, 11) is 6.65. The first-order valence-electron chi connectivity index (χ1n) is 11.6. The van der Waals surface area contributed by atoms with Gasteiger partial charge in [-0.25, -0.2) is 0 Å². The van der Waals surface area contributed by atoms with Gasteiger partial charge in [0.25, 0.3) is 0 Å². The maximum absolute atomic E-state index is 6.65. The molecule has 2 aromatic carbocycles. The highest BCUT2D eigenvalue weighted by Crippen LogP contribution is 2.54. The predicted octanol–water partition coefficient (Wildman–Crippen LogP) is 8.74. The molecule has 0 aliphatic rings. The molecule has 0 saturated heterocycles. The van der Waals surface area contributed by atoms with Crippen LogP contribution in [-0.4, -0.2) is 13.2 Å². The molecule has 2 atom stereocenters. The summed E-state index contributed by atoms with van der Waals surface area (Å²) in [6, 6.07) is 20.2. The smallest absolute Gasteiger partial charge is 0.0704 e. The van der Waals surface area contributed by atoms with Crippen LogP contribution in [0.2, 0.25) is 5.82 Å². The van der Waals surface area contributed by atoms with Crippen molar-refractivity contribution >= 4 is 23.8 Å². The van der Waals surface area contributed by atoms with E-state index < -0.39 is 0 Å². The zero-order valence-electron chi connectivity index (χ0n) is 21.2. The van der Waals surface area contributed by atoms with E-state index in [2.05, 4.69) is 133 Å². The Balaban J connectivity index is 2.41. The second kappa shape index (κ2) is 9.46. The standard InChI is InChI=1S/C29H42BBr/c1-21(30)25(29(8,9)26(2,3)19-22-13-11-10-12-14-22)23-15-17-24(18-16-23)28(6,7)27(4,5)20-31/h10-18,21,25H,19-20H2,1-9H3. The molecule has 0 amide bonds. The van der Waals surface area contributed by atoms with Gasteiger partial charge in [-0.05, 0) is 50.7 Å². The first-order chi connectivity index (χ1) is 14.2. The van der Waals surface area contributed by atoms with Crippen LogP contribution in [0.5, 0.6) is 0 Å². The minimum atomic E-state index is 0.0170. The molecule has 0 fully saturated rings. The van der Waals surface area contributed by atoms with Crippen LogP contribution in [0.3, 0.4) is 0 Å². The molecule has 2 unspecified atom stereocenters. The Kier molecular flexibility index (Phi) is 8.01. The fourth-order valence-corrected chi connectivity index (χ4v) is 5.50. The van der Waals surface area contributed by atoms with Crippen LogP contribution in [-0.2, 0) is 11.8 Å². The van der Waals surface area contributed by atoms with E-state index in [0.717, 1.165) is 11.8 Å². The highest BCUT2D eigenvalue weighted by Gasteiger charge is 2.45. The van der Waals surface area contributed by atoms with Crippen molar-refractivity contribution in [3.05, 3.63) is 71.3 Å². The zero-order valence-corrected chi connectivity index (χ0v) is 22.8. The van der Waals surface area contributed by atoms with Crippen molar-refractivity contribution in [2.45, 2.75) is 85.9 Å². The SMILES string of the molecule is [B]C(C)C(c1ccc(C(C)(C)C(C)(C)CBr)cc1)C(C)(C)C(C)(C)Cc1ccccc1. The Morgan fingerprint density at radius 3 is 1.74 bits per heavy atom. The first-order valence-corrected chi connectivity index (χ1v) is 12.8. The summed E-state index contributed by atoms with van der Waals surface area (Å²) in [5, 5.41) is 0.970. The summed E-state index contributed by atoms with van der Waals surface area (Å²) >= 11 is 3.72. The van der Waals surface area contributed by atoms with Crippen LogP contribution in [0, 0.1) is 16.2 Å². The molecule has 0 heterocycles. The van der Waals surface area contributed by atoms with E-state index in [4.69, 9.17) is 7.85 Å². The molecule has 0 aliphatic carbocycles. The largest absolute Gasteiger partial charge is 0.0922 e. The molecular formula is C29H42BBr. The number of benzene rings is 2. The number of rotatable bonds is 9. The summed E-state index contributed by atoms with van der Waals surface area (Å²) in [5.74, 6) is 0.343. The van der Waals surface area contributed by atoms with Gasteiger partial charge in [-0.3, -0.25) is 0 Å². The van der Waals surface area contributed by atoms with Crippen molar-refractivity contribution in [3.63, 3.8) is 0 Å². The fraction of sp³-hybridized carbons (Fsp3) is 0.586. The van der Waals surface area contributed by atoms with Gasteiger partial charge in [0, 0.05) is 5.33 Å². The van der Waals surface area contributed by atoms with E-state index >= 15 is 0 Å².